The first kappa shape index (κ1) is 17.2. The predicted octanol–water partition coefficient (Wildman–Crippen LogP) is 1.85. The fourth-order valence-corrected chi connectivity index (χ4v) is 2.59. The Labute approximate surface area is 127 Å². The van der Waals surface area contributed by atoms with E-state index >= 15 is 0 Å². The minimum Gasteiger partial charge on any atom is -0.449 e. The molecule has 20 heavy (non-hydrogen) atoms. The van der Waals surface area contributed by atoms with E-state index in [9.17, 15) is 4.79 Å². The Kier molecular flexibility index (Phi) is 7.23. The van der Waals surface area contributed by atoms with Gasteiger partial charge in [0.05, 0.1) is 17.6 Å². The first-order valence-corrected chi connectivity index (χ1v) is 7.81. The monoisotopic (exact) mass is 301 g/mol. The van der Waals surface area contributed by atoms with Crippen molar-refractivity contribution in [2.24, 2.45) is 11.7 Å². The van der Waals surface area contributed by atoms with Crippen molar-refractivity contribution in [2.45, 2.75) is 39.7 Å². The third-order valence-corrected chi connectivity index (χ3v) is 3.72. The lowest BCUT2D eigenvalue weighted by Gasteiger charge is -2.38. The third-order valence-electron chi connectivity index (χ3n) is 3.44. The van der Waals surface area contributed by atoms with Crippen LogP contribution in [0.2, 0.25) is 0 Å². The van der Waals surface area contributed by atoms with Gasteiger partial charge in [-0.15, -0.1) is 0 Å². The van der Waals surface area contributed by atoms with Crippen LogP contribution in [0.3, 0.4) is 0 Å². The molecule has 1 unspecified atom stereocenters. The molecule has 5 nitrogen and oxygen atoms in total. The maximum Gasteiger partial charge on any atom is 0.409 e. The Hall–Kier alpha value is -0.880. The number of piperazine rings is 1. The summed E-state index contributed by atoms with van der Waals surface area (Å²) in [5.41, 5.74) is 5.81. The van der Waals surface area contributed by atoms with Gasteiger partial charge >= 0.3 is 6.09 Å². The molecule has 1 amide bonds. The highest BCUT2D eigenvalue weighted by Crippen LogP contribution is 2.12. The van der Waals surface area contributed by atoms with E-state index in [1.54, 1.807) is 4.90 Å². The molecule has 0 saturated carbocycles. The summed E-state index contributed by atoms with van der Waals surface area (Å²) >= 11 is 5.15. The Morgan fingerprint density at radius 3 is 2.35 bits per heavy atom. The van der Waals surface area contributed by atoms with Crippen LogP contribution in [0.4, 0.5) is 4.79 Å². The Morgan fingerprint density at radius 2 is 1.90 bits per heavy atom. The highest BCUT2D eigenvalue weighted by molar-refractivity contribution is 7.80. The SMILES string of the molecule is CCCC(C(N)=S)N1CCN(C(=O)OCC(C)C)CC1. The van der Waals surface area contributed by atoms with E-state index in [1.807, 2.05) is 13.8 Å². The molecule has 2 N–H and O–H groups in total. The molecule has 0 aromatic carbocycles. The van der Waals surface area contributed by atoms with E-state index in [2.05, 4.69) is 11.8 Å². The molecular weight excluding hydrogens is 274 g/mol. The minimum atomic E-state index is -0.208. The van der Waals surface area contributed by atoms with Crippen molar-refractivity contribution in [3.05, 3.63) is 0 Å². The van der Waals surface area contributed by atoms with Crippen LogP contribution in [0.1, 0.15) is 33.6 Å². The quantitative estimate of drug-likeness (QED) is 0.759. The number of nitrogens with two attached hydrogens (primary N) is 1. The molecule has 1 fully saturated rings. The zero-order valence-electron chi connectivity index (χ0n) is 12.8. The van der Waals surface area contributed by atoms with Crippen LogP contribution >= 0.6 is 12.2 Å². The first-order valence-electron chi connectivity index (χ1n) is 7.40. The van der Waals surface area contributed by atoms with Gasteiger partial charge < -0.3 is 15.4 Å². The van der Waals surface area contributed by atoms with Crippen LogP contribution in [-0.4, -0.2) is 59.7 Å². The number of thiocarbonyl (C=S) groups is 1. The van der Waals surface area contributed by atoms with E-state index in [-0.39, 0.29) is 12.1 Å². The lowest BCUT2D eigenvalue weighted by Crippen LogP contribution is -2.55. The summed E-state index contributed by atoms with van der Waals surface area (Å²) in [7, 11) is 0. The van der Waals surface area contributed by atoms with E-state index < -0.39 is 0 Å². The molecule has 1 saturated heterocycles. The van der Waals surface area contributed by atoms with Crippen molar-refractivity contribution in [3.63, 3.8) is 0 Å². The standard InChI is InChI=1S/C14H27N3O2S/c1-4-5-12(13(15)20)16-6-8-17(9-7-16)14(18)19-10-11(2)3/h11-12H,4-10H2,1-3H3,(H2,15,20). The van der Waals surface area contributed by atoms with Crippen LogP contribution in [-0.2, 0) is 4.74 Å². The molecule has 1 aliphatic rings. The van der Waals surface area contributed by atoms with Gasteiger partial charge in [-0.05, 0) is 12.3 Å². The topological polar surface area (TPSA) is 58.8 Å². The van der Waals surface area contributed by atoms with E-state index in [4.69, 9.17) is 22.7 Å². The number of rotatable bonds is 6. The zero-order valence-corrected chi connectivity index (χ0v) is 13.6. The van der Waals surface area contributed by atoms with Gasteiger partial charge in [0.15, 0.2) is 0 Å². The maximum absolute atomic E-state index is 11.9. The smallest absolute Gasteiger partial charge is 0.409 e. The van der Waals surface area contributed by atoms with E-state index in [0.29, 0.717) is 30.6 Å². The van der Waals surface area contributed by atoms with Gasteiger partial charge in [-0.2, -0.15) is 0 Å². The fraction of sp³-hybridized carbons (Fsp3) is 0.857. The van der Waals surface area contributed by atoms with Crippen molar-refractivity contribution in [3.8, 4) is 0 Å². The van der Waals surface area contributed by atoms with Gasteiger partial charge in [-0.25, -0.2) is 4.79 Å². The van der Waals surface area contributed by atoms with Crippen LogP contribution in [0.25, 0.3) is 0 Å². The van der Waals surface area contributed by atoms with Crippen LogP contribution in [0, 0.1) is 5.92 Å². The Morgan fingerprint density at radius 1 is 1.30 bits per heavy atom. The second-order valence-corrected chi connectivity index (χ2v) is 6.17. The predicted molar refractivity (Wildman–Crippen MR) is 84.8 cm³/mol. The zero-order chi connectivity index (χ0) is 15.1. The van der Waals surface area contributed by atoms with Gasteiger partial charge in [-0.3, -0.25) is 4.90 Å². The van der Waals surface area contributed by atoms with Crippen molar-refractivity contribution in [1.29, 1.82) is 0 Å². The maximum atomic E-state index is 11.9. The molecule has 0 spiro atoms. The van der Waals surface area contributed by atoms with Crippen molar-refractivity contribution in [1.82, 2.24) is 9.80 Å². The van der Waals surface area contributed by atoms with Gasteiger partial charge in [0.1, 0.15) is 0 Å². The summed E-state index contributed by atoms with van der Waals surface area (Å²) in [6.07, 6.45) is 1.83. The van der Waals surface area contributed by atoms with Crippen LogP contribution in [0.5, 0.6) is 0 Å². The van der Waals surface area contributed by atoms with Crippen molar-refractivity contribution < 1.29 is 9.53 Å². The summed E-state index contributed by atoms with van der Waals surface area (Å²) in [6, 6.07) is 0.156. The molecule has 0 aromatic rings. The third kappa shape index (κ3) is 5.25. The van der Waals surface area contributed by atoms with Crippen molar-refractivity contribution in [2.75, 3.05) is 32.8 Å². The molecule has 1 heterocycles. The number of hydrogen-bond donors (Lipinski definition) is 1. The van der Waals surface area contributed by atoms with Gasteiger partial charge in [0.2, 0.25) is 0 Å². The second-order valence-electron chi connectivity index (χ2n) is 5.70. The molecule has 0 aliphatic carbocycles. The molecule has 0 aromatic heterocycles. The molecule has 1 atom stereocenters. The molecular formula is C14H27N3O2S. The number of carbonyl (C=O) groups excluding carboxylic acids is 1. The number of ether oxygens (including phenoxy) is 1. The van der Waals surface area contributed by atoms with Gasteiger partial charge in [0.25, 0.3) is 0 Å². The van der Waals surface area contributed by atoms with Gasteiger partial charge in [0, 0.05) is 26.2 Å². The van der Waals surface area contributed by atoms with E-state index in [1.165, 1.54) is 0 Å². The highest BCUT2D eigenvalue weighted by atomic mass is 32.1. The first-order chi connectivity index (χ1) is 9.45. The molecule has 1 rings (SSSR count). The lowest BCUT2D eigenvalue weighted by molar-refractivity contribution is 0.0642. The largest absolute Gasteiger partial charge is 0.449 e. The van der Waals surface area contributed by atoms with Crippen LogP contribution in [0.15, 0.2) is 0 Å². The number of carbonyl (C=O) groups is 1. The average Bonchev–Trinajstić information content (AvgIpc) is 2.42. The number of amides is 1. The van der Waals surface area contributed by atoms with Gasteiger partial charge in [-0.1, -0.05) is 39.4 Å². The average molecular weight is 301 g/mol. The lowest BCUT2D eigenvalue weighted by atomic mass is 10.1. The molecule has 0 bridgehead atoms. The molecule has 1 aliphatic heterocycles. The molecule has 6 heteroatoms. The summed E-state index contributed by atoms with van der Waals surface area (Å²) in [6.45, 7) is 9.64. The summed E-state index contributed by atoms with van der Waals surface area (Å²) in [5, 5.41) is 0. The molecule has 0 radical (unpaired) electrons. The normalized spacial score (nSPS) is 18.1. The number of hydrogen-bond acceptors (Lipinski definition) is 4. The summed E-state index contributed by atoms with van der Waals surface area (Å²) < 4.78 is 5.25. The Balaban J connectivity index is 2.42. The van der Waals surface area contributed by atoms with E-state index in [0.717, 1.165) is 25.9 Å². The summed E-state index contributed by atoms with van der Waals surface area (Å²) in [5.74, 6) is 0.365. The molecule has 116 valence electrons. The number of nitrogens with zero attached hydrogens (tertiary/aromatic N) is 2. The minimum absolute atomic E-state index is 0.156. The summed E-state index contributed by atoms with van der Waals surface area (Å²) in [4.78, 5) is 16.5. The van der Waals surface area contributed by atoms with Crippen molar-refractivity contribution >= 4 is 23.3 Å². The van der Waals surface area contributed by atoms with Crippen LogP contribution < -0.4 is 5.73 Å². The fourth-order valence-electron chi connectivity index (χ4n) is 2.32. The highest BCUT2D eigenvalue weighted by Gasteiger charge is 2.27. The Bertz CT molecular complexity index is 328. The second kappa shape index (κ2) is 8.42.